The van der Waals surface area contributed by atoms with Gasteiger partial charge in [0.1, 0.15) is 5.69 Å². The molecule has 21 heavy (non-hydrogen) atoms. The van der Waals surface area contributed by atoms with Crippen LogP contribution in [0.25, 0.3) is 0 Å². The highest BCUT2D eigenvalue weighted by atomic mass is 32.1. The first-order valence-corrected chi connectivity index (χ1v) is 8.45. The molecule has 112 valence electrons. The average molecular weight is 324 g/mol. The predicted molar refractivity (Wildman–Crippen MR) is 84.4 cm³/mol. The summed E-state index contributed by atoms with van der Waals surface area (Å²) in [5.74, 6) is -0.231. The zero-order valence-electron chi connectivity index (χ0n) is 11.6. The number of ether oxygens (including phenoxy) is 1. The third-order valence-electron chi connectivity index (χ3n) is 3.08. The van der Waals surface area contributed by atoms with Crippen molar-refractivity contribution in [3.05, 3.63) is 22.1 Å². The first kappa shape index (κ1) is 14.4. The molecule has 1 amide bonds. The lowest BCUT2D eigenvalue weighted by Crippen LogP contribution is -2.18. The Balaban J connectivity index is 1.54. The van der Waals surface area contributed by atoms with Crippen molar-refractivity contribution >= 4 is 38.8 Å². The number of nitrogens with one attached hydrogen (secondary N) is 2. The molecule has 0 aromatic carbocycles. The minimum Gasteiger partial charge on any atom is -0.376 e. The summed E-state index contributed by atoms with van der Waals surface area (Å²) in [6.45, 7) is 3.52. The number of nitrogens with zero attached hydrogens (tertiary/aromatic N) is 2. The fourth-order valence-electron chi connectivity index (χ4n) is 2.04. The molecule has 0 unspecified atom stereocenters. The summed E-state index contributed by atoms with van der Waals surface area (Å²) in [7, 11) is 0. The van der Waals surface area contributed by atoms with Gasteiger partial charge in [0.15, 0.2) is 10.3 Å². The van der Waals surface area contributed by atoms with E-state index in [2.05, 4.69) is 20.6 Å². The standard InChI is InChI=1S/C13H16N4O2S2/c1-8-5-14-13(21-8)17-11(18)10-7-20-12(16-10)15-6-9-3-2-4-19-9/h5,7,9H,2-4,6H2,1H3,(H,15,16)(H,14,17,18)/t9-/m1/s1. The predicted octanol–water partition coefficient (Wildman–Crippen LogP) is 2.75. The summed E-state index contributed by atoms with van der Waals surface area (Å²) < 4.78 is 5.54. The maximum absolute atomic E-state index is 12.0. The molecule has 1 atom stereocenters. The van der Waals surface area contributed by atoms with E-state index >= 15 is 0 Å². The summed E-state index contributed by atoms with van der Waals surface area (Å²) in [4.78, 5) is 21.5. The number of hydrogen-bond donors (Lipinski definition) is 2. The van der Waals surface area contributed by atoms with Crippen LogP contribution in [0.3, 0.4) is 0 Å². The molecular weight excluding hydrogens is 308 g/mol. The lowest BCUT2D eigenvalue weighted by Gasteiger charge is -2.08. The van der Waals surface area contributed by atoms with Gasteiger partial charge in [0, 0.05) is 29.6 Å². The van der Waals surface area contributed by atoms with E-state index < -0.39 is 0 Å². The zero-order valence-corrected chi connectivity index (χ0v) is 13.2. The van der Waals surface area contributed by atoms with Gasteiger partial charge in [-0.15, -0.1) is 22.7 Å². The Morgan fingerprint density at radius 3 is 3.14 bits per heavy atom. The van der Waals surface area contributed by atoms with Crippen molar-refractivity contribution in [2.24, 2.45) is 0 Å². The molecule has 3 rings (SSSR count). The van der Waals surface area contributed by atoms with E-state index in [9.17, 15) is 4.79 Å². The van der Waals surface area contributed by atoms with Crippen LogP contribution in [-0.4, -0.2) is 35.1 Å². The number of carbonyl (C=O) groups excluding carboxylic acids is 1. The van der Waals surface area contributed by atoms with E-state index in [-0.39, 0.29) is 12.0 Å². The van der Waals surface area contributed by atoms with E-state index in [1.165, 1.54) is 22.7 Å². The molecule has 0 saturated carbocycles. The summed E-state index contributed by atoms with van der Waals surface area (Å²) in [5, 5.41) is 9.05. The van der Waals surface area contributed by atoms with Crippen LogP contribution in [0.2, 0.25) is 0 Å². The molecule has 0 aliphatic carbocycles. The molecule has 1 aliphatic heterocycles. The van der Waals surface area contributed by atoms with Gasteiger partial charge in [0.05, 0.1) is 6.10 Å². The summed E-state index contributed by atoms with van der Waals surface area (Å²) in [6.07, 6.45) is 4.18. The van der Waals surface area contributed by atoms with Gasteiger partial charge >= 0.3 is 0 Å². The second-order valence-corrected chi connectivity index (χ2v) is 6.88. The molecule has 2 N–H and O–H groups in total. The molecule has 1 fully saturated rings. The number of aromatic nitrogens is 2. The van der Waals surface area contributed by atoms with E-state index in [1.807, 2.05) is 6.92 Å². The molecule has 6 nitrogen and oxygen atoms in total. The molecule has 1 saturated heterocycles. The Kier molecular flexibility index (Phi) is 4.47. The van der Waals surface area contributed by atoms with Crippen molar-refractivity contribution in [2.75, 3.05) is 23.8 Å². The molecular formula is C13H16N4O2S2. The highest BCUT2D eigenvalue weighted by Gasteiger charge is 2.17. The van der Waals surface area contributed by atoms with Crippen molar-refractivity contribution < 1.29 is 9.53 Å². The largest absolute Gasteiger partial charge is 0.376 e. The number of thiazole rings is 2. The number of rotatable bonds is 5. The van der Waals surface area contributed by atoms with Crippen molar-refractivity contribution in [3.8, 4) is 0 Å². The highest BCUT2D eigenvalue weighted by molar-refractivity contribution is 7.15. The van der Waals surface area contributed by atoms with Crippen LogP contribution in [0.1, 0.15) is 28.2 Å². The number of hydrogen-bond acceptors (Lipinski definition) is 7. The van der Waals surface area contributed by atoms with E-state index in [0.29, 0.717) is 10.8 Å². The highest BCUT2D eigenvalue weighted by Crippen LogP contribution is 2.20. The van der Waals surface area contributed by atoms with E-state index in [1.54, 1.807) is 11.6 Å². The summed E-state index contributed by atoms with van der Waals surface area (Å²) in [6, 6.07) is 0. The summed E-state index contributed by atoms with van der Waals surface area (Å²) >= 11 is 2.87. The lowest BCUT2D eigenvalue weighted by atomic mass is 10.2. The average Bonchev–Trinajstić information content (AvgIpc) is 3.17. The van der Waals surface area contributed by atoms with Crippen LogP contribution in [0.5, 0.6) is 0 Å². The molecule has 0 spiro atoms. The molecule has 2 aromatic rings. The number of carbonyl (C=O) groups is 1. The second kappa shape index (κ2) is 6.50. The van der Waals surface area contributed by atoms with Crippen molar-refractivity contribution in [2.45, 2.75) is 25.9 Å². The van der Waals surface area contributed by atoms with Crippen LogP contribution in [0.15, 0.2) is 11.6 Å². The van der Waals surface area contributed by atoms with Crippen molar-refractivity contribution in [1.29, 1.82) is 0 Å². The zero-order chi connectivity index (χ0) is 14.7. The normalized spacial score (nSPS) is 17.9. The fraction of sp³-hybridized carbons (Fsp3) is 0.462. The SMILES string of the molecule is Cc1cnc(NC(=O)c2csc(NC[C@H]3CCCO3)n2)s1. The maximum Gasteiger partial charge on any atom is 0.276 e. The Bertz CT molecular complexity index is 619. The Labute approximate surface area is 130 Å². The van der Waals surface area contributed by atoms with Crippen LogP contribution < -0.4 is 10.6 Å². The third-order valence-corrected chi connectivity index (χ3v) is 4.71. The van der Waals surface area contributed by atoms with Gasteiger partial charge in [-0.1, -0.05) is 0 Å². The van der Waals surface area contributed by atoms with Gasteiger partial charge < -0.3 is 10.1 Å². The maximum atomic E-state index is 12.0. The minimum atomic E-state index is -0.231. The van der Waals surface area contributed by atoms with Crippen LogP contribution in [0, 0.1) is 6.92 Å². The third kappa shape index (κ3) is 3.78. The number of aryl methyl sites for hydroxylation is 1. The van der Waals surface area contributed by atoms with Crippen molar-refractivity contribution in [3.63, 3.8) is 0 Å². The quantitative estimate of drug-likeness (QED) is 0.884. The van der Waals surface area contributed by atoms with Gasteiger partial charge in [-0.2, -0.15) is 0 Å². The molecule has 1 aliphatic rings. The second-order valence-electron chi connectivity index (χ2n) is 4.78. The van der Waals surface area contributed by atoms with Crippen LogP contribution >= 0.6 is 22.7 Å². The smallest absolute Gasteiger partial charge is 0.276 e. The van der Waals surface area contributed by atoms with Gasteiger partial charge in [-0.05, 0) is 19.8 Å². The molecule has 0 bridgehead atoms. The monoisotopic (exact) mass is 324 g/mol. The Morgan fingerprint density at radius 2 is 2.43 bits per heavy atom. The van der Waals surface area contributed by atoms with Gasteiger partial charge in [0.25, 0.3) is 5.91 Å². The van der Waals surface area contributed by atoms with E-state index in [4.69, 9.17) is 4.74 Å². The topological polar surface area (TPSA) is 76.1 Å². The number of amides is 1. The van der Waals surface area contributed by atoms with Crippen LogP contribution in [-0.2, 0) is 4.74 Å². The molecule has 0 radical (unpaired) electrons. The molecule has 2 aromatic heterocycles. The van der Waals surface area contributed by atoms with Crippen molar-refractivity contribution in [1.82, 2.24) is 9.97 Å². The Morgan fingerprint density at radius 1 is 1.52 bits per heavy atom. The van der Waals surface area contributed by atoms with E-state index in [0.717, 1.165) is 36.0 Å². The van der Waals surface area contributed by atoms with Gasteiger partial charge in [-0.25, -0.2) is 9.97 Å². The van der Waals surface area contributed by atoms with Crippen LogP contribution in [0.4, 0.5) is 10.3 Å². The Hall–Kier alpha value is -1.51. The molecule has 3 heterocycles. The fourth-order valence-corrected chi connectivity index (χ4v) is 3.40. The minimum absolute atomic E-state index is 0.231. The van der Waals surface area contributed by atoms with Gasteiger partial charge in [-0.3, -0.25) is 10.1 Å². The number of anilines is 2. The molecule has 8 heteroatoms. The first-order chi connectivity index (χ1) is 10.2. The lowest BCUT2D eigenvalue weighted by molar-refractivity contribution is 0.102. The van der Waals surface area contributed by atoms with Gasteiger partial charge in [0.2, 0.25) is 0 Å². The summed E-state index contributed by atoms with van der Waals surface area (Å²) in [5.41, 5.74) is 0.405. The first-order valence-electron chi connectivity index (χ1n) is 6.75.